The minimum atomic E-state index is -0.928. The van der Waals surface area contributed by atoms with Crippen molar-refractivity contribution in [3.8, 4) is 17.0 Å². The summed E-state index contributed by atoms with van der Waals surface area (Å²) in [5.74, 6) is -3.40. The van der Waals surface area contributed by atoms with Gasteiger partial charge in [0.05, 0.1) is 57.6 Å². The zero-order chi connectivity index (χ0) is 30.7. The number of ether oxygens (including phenoxy) is 4. The van der Waals surface area contributed by atoms with E-state index >= 15 is 0 Å². The second-order valence-corrected chi connectivity index (χ2v) is 10.5. The van der Waals surface area contributed by atoms with Gasteiger partial charge in [0, 0.05) is 24.0 Å². The van der Waals surface area contributed by atoms with Gasteiger partial charge >= 0.3 is 11.9 Å². The number of aliphatic carboxylic acids is 1. The molecule has 2 atom stereocenters. The topological polar surface area (TPSA) is 122 Å². The molecule has 0 bridgehead atoms. The van der Waals surface area contributed by atoms with Crippen LogP contribution in [0, 0.1) is 11.8 Å². The average Bonchev–Trinajstić information content (AvgIpc) is 3.50. The lowest BCUT2D eigenvalue weighted by Gasteiger charge is -2.48. The number of esters is 1. The van der Waals surface area contributed by atoms with Crippen molar-refractivity contribution < 1.29 is 33.6 Å². The third-order valence-corrected chi connectivity index (χ3v) is 7.79. The molecule has 1 aliphatic carbocycles. The Morgan fingerprint density at radius 1 is 0.750 bits per heavy atom. The molecule has 5 rings (SSSR count). The minimum Gasteiger partial charge on any atom is -0.481 e. The third kappa shape index (κ3) is 7.57. The van der Waals surface area contributed by atoms with E-state index in [-0.39, 0.29) is 0 Å². The highest BCUT2D eigenvalue weighted by atomic mass is 16.5. The lowest BCUT2D eigenvalue weighted by atomic mass is 9.52. The van der Waals surface area contributed by atoms with E-state index in [1.165, 1.54) is 0 Å². The van der Waals surface area contributed by atoms with Crippen molar-refractivity contribution in [2.75, 3.05) is 39.6 Å². The maximum atomic E-state index is 13.6. The van der Waals surface area contributed by atoms with Gasteiger partial charge in [-0.15, -0.1) is 5.10 Å². The van der Waals surface area contributed by atoms with Crippen molar-refractivity contribution in [3.63, 3.8) is 0 Å². The molecule has 4 aromatic rings. The van der Waals surface area contributed by atoms with Crippen LogP contribution in [-0.2, 0) is 30.3 Å². The summed E-state index contributed by atoms with van der Waals surface area (Å²) in [7, 11) is 0. The van der Waals surface area contributed by atoms with Crippen molar-refractivity contribution >= 4 is 11.9 Å². The number of rotatable bonds is 16. The van der Waals surface area contributed by atoms with E-state index < -0.39 is 35.6 Å². The Hall–Kier alpha value is -4.38. The molecule has 1 fully saturated rings. The van der Waals surface area contributed by atoms with Crippen LogP contribution < -0.4 is 4.74 Å². The normalized spacial score (nSPS) is 19.3. The van der Waals surface area contributed by atoms with Crippen LogP contribution in [0.15, 0.2) is 91.1 Å². The lowest BCUT2D eigenvalue weighted by molar-refractivity contribution is -0.158. The summed E-state index contributed by atoms with van der Waals surface area (Å²) in [6, 6.07) is 25.7. The molecule has 0 amide bonds. The number of carbonyl (C=O) groups excluding carboxylic acids is 1. The smallest absolute Gasteiger partial charge is 0.315 e. The van der Waals surface area contributed by atoms with Gasteiger partial charge in [-0.05, 0) is 42.3 Å². The Balaban J connectivity index is 1.19. The zero-order valence-electron chi connectivity index (χ0n) is 24.7. The summed E-state index contributed by atoms with van der Waals surface area (Å²) in [6.45, 7) is 5.78. The first-order valence-electron chi connectivity index (χ1n) is 14.8. The highest BCUT2D eigenvalue weighted by Gasteiger charge is 2.59. The molecule has 10 nitrogen and oxygen atoms in total. The van der Waals surface area contributed by atoms with Crippen LogP contribution in [-0.4, -0.2) is 71.7 Å². The number of hydrogen-bond acceptors (Lipinski definition) is 8. The maximum Gasteiger partial charge on any atom is 0.315 e. The zero-order valence-corrected chi connectivity index (χ0v) is 24.7. The number of aromatic nitrogens is 3. The van der Waals surface area contributed by atoms with E-state index in [1.54, 1.807) is 16.8 Å². The Bertz CT molecular complexity index is 1430. The second kappa shape index (κ2) is 15.4. The van der Waals surface area contributed by atoms with E-state index in [1.807, 2.05) is 85.9 Å². The van der Waals surface area contributed by atoms with Crippen LogP contribution in [0.1, 0.15) is 29.9 Å². The Kier molecular flexibility index (Phi) is 10.9. The molecule has 0 spiro atoms. The van der Waals surface area contributed by atoms with Gasteiger partial charge in [-0.2, -0.15) is 0 Å². The van der Waals surface area contributed by atoms with Crippen LogP contribution >= 0.6 is 0 Å². The fraction of sp³-hybridized carbons (Fsp3) is 0.353. The summed E-state index contributed by atoms with van der Waals surface area (Å²) >= 11 is 0. The lowest BCUT2D eigenvalue weighted by Crippen LogP contribution is -2.52. The van der Waals surface area contributed by atoms with E-state index in [4.69, 9.17) is 18.9 Å². The summed E-state index contributed by atoms with van der Waals surface area (Å²) < 4.78 is 23.8. The molecule has 1 aliphatic rings. The third-order valence-electron chi connectivity index (χ3n) is 7.79. The molecule has 230 valence electrons. The molecule has 10 heteroatoms. The number of carbonyl (C=O) groups is 2. The number of benzene rings is 3. The SMILES string of the molecule is CCOCCOCCOCCn1cc(-c2ccc(OC(=O)C3[C@@H](c4ccccc4)C(C(=O)O)[C@@H]3c3ccccc3)cc2)nn1. The number of carboxylic acid groups (broad SMARTS) is 1. The molecular formula is C34H37N3O7. The van der Waals surface area contributed by atoms with Crippen LogP contribution in [0.2, 0.25) is 0 Å². The van der Waals surface area contributed by atoms with Crippen molar-refractivity contribution in [2.45, 2.75) is 25.3 Å². The Morgan fingerprint density at radius 3 is 1.89 bits per heavy atom. The van der Waals surface area contributed by atoms with Crippen molar-refractivity contribution in [1.29, 1.82) is 0 Å². The number of nitrogens with zero attached hydrogens (tertiary/aromatic N) is 3. The molecule has 1 aromatic heterocycles. The maximum absolute atomic E-state index is 13.6. The fourth-order valence-corrected chi connectivity index (χ4v) is 5.69. The Morgan fingerprint density at radius 2 is 1.32 bits per heavy atom. The van der Waals surface area contributed by atoms with Gasteiger partial charge in [-0.3, -0.25) is 9.59 Å². The van der Waals surface area contributed by atoms with Crippen molar-refractivity contribution in [2.24, 2.45) is 11.8 Å². The van der Waals surface area contributed by atoms with Gasteiger partial charge in [-0.25, -0.2) is 4.68 Å². The summed E-state index contributed by atoms with van der Waals surface area (Å²) in [6.07, 6.45) is 1.83. The van der Waals surface area contributed by atoms with Crippen molar-refractivity contribution in [1.82, 2.24) is 15.0 Å². The molecule has 0 aliphatic heterocycles. The molecule has 44 heavy (non-hydrogen) atoms. The molecule has 1 heterocycles. The van der Waals surface area contributed by atoms with Gasteiger partial charge < -0.3 is 24.1 Å². The molecule has 0 unspecified atom stereocenters. The molecular weight excluding hydrogens is 562 g/mol. The monoisotopic (exact) mass is 599 g/mol. The molecule has 1 N–H and O–H groups in total. The van der Waals surface area contributed by atoms with Crippen LogP contribution in [0.4, 0.5) is 0 Å². The van der Waals surface area contributed by atoms with Crippen molar-refractivity contribution in [3.05, 3.63) is 102 Å². The summed E-state index contributed by atoms with van der Waals surface area (Å²) in [4.78, 5) is 26.1. The highest BCUT2D eigenvalue weighted by Crippen LogP contribution is 2.58. The van der Waals surface area contributed by atoms with Gasteiger partial charge in [-0.1, -0.05) is 65.9 Å². The average molecular weight is 600 g/mol. The van der Waals surface area contributed by atoms with Crippen LogP contribution in [0.3, 0.4) is 0 Å². The van der Waals surface area contributed by atoms with Gasteiger partial charge in [0.25, 0.3) is 0 Å². The molecule has 0 saturated heterocycles. The quantitative estimate of drug-likeness (QED) is 0.110. The second-order valence-electron chi connectivity index (χ2n) is 10.5. The molecule has 3 aromatic carbocycles. The van der Waals surface area contributed by atoms with Crippen LogP contribution in [0.25, 0.3) is 11.3 Å². The predicted molar refractivity (Wildman–Crippen MR) is 162 cm³/mol. The summed E-state index contributed by atoms with van der Waals surface area (Å²) in [5, 5.41) is 18.6. The molecule has 1 saturated carbocycles. The van der Waals surface area contributed by atoms with E-state index in [0.717, 1.165) is 16.7 Å². The van der Waals surface area contributed by atoms with Crippen LogP contribution in [0.5, 0.6) is 5.75 Å². The molecule has 0 radical (unpaired) electrons. The van der Waals surface area contributed by atoms with E-state index in [0.29, 0.717) is 57.6 Å². The summed E-state index contributed by atoms with van der Waals surface area (Å²) in [5.41, 5.74) is 3.12. The first-order valence-corrected chi connectivity index (χ1v) is 14.8. The van der Waals surface area contributed by atoms with E-state index in [2.05, 4.69) is 10.3 Å². The first-order chi connectivity index (χ1) is 21.6. The largest absolute Gasteiger partial charge is 0.481 e. The first kappa shape index (κ1) is 31.1. The number of hydrogen-bond donors (Lipinski definition) is 1. The van der Waals surface area contributed by atoms with Gasteiger partial charge in [0.15, 0.2) is 0 Å². The van der Waals surface area contributed by atoms with Gasteiger partial charge in [0.2, 0.25) is 0 Å². The highest BCUT2D eigenvalue weighted by molar-refractivity contribution is 5.85. The fourth-order valence-electron chi connectivity index (χ4n) is 5.69. The standard InChI is InChI=1S/C34H37N3O7/c1-2-41-19-20-43-22-21-42-18-17-37-23-28(35-36-37)24-13-15-27(16-14-24)44-34(40)32-29(25-9-5-3-6-10-25)31(33(38)39)30(32)26-11-7-4-8-12-26/h3-16,23,29-32H,2,17-22H2,1H3,(H,38,39)/t29-,30-,31?,32?/m0/s1. The predicted octanol–water partition coefficient (Wildman–Crippen LogP) is 4.82. The number of carboxylic acids is 1. The van der Waals surface area contributed by atoms with Gasteiger partial charge in [0.1, 0.15) is 11.4 Å². The Labute approximate surface area is 256 Å². The minimum absolute atomic E-state index is 0.375. The van der Waals surface area contributed by atoms with E-state index in [9.17, 15) is 14.7 Å².